The van der Waals surface area contributed by atoms with E-state index in [-0.39, 0.29) is 35.8 Å². The molecule has 0 radical (unpaired) electrons. The highest BCUT2D eigenvalue weighted by Crippen LogP contribution is 2.29. The molecule has 2 saturated heterocycles. The fourth-order valence-corrected chi connectivity index (χ4v) is 5.10. The molecule has 0 aromatic heterocycles. The van der Waals surface area contributed by atoms with Crippen LogP contribution in [0, 0.1) is 11.7 Å². The number of hydrogen-bond acceptors (Lipinski definition) is 4. The van der Waals surface area contributed by atoms with Gasteiger partial charge in [-0.1, -0.05) is 6.07 Å². The summed E-state index contributed by atoms with van der Waals surface area (Å²) in [6.07, 6.45) is -0.965. The van der Waals surface area contributed by atoms with Crippen LogP contribution >= 0.6 is 0 Å². The highest BCUT2D eigenvalue weighted by Gasteiger charge is 2.31. The Labute approximate surface area is 224 Å². The molecule has 2 aromatic carbocycles. The van der Waals surface area contributed by atoms with E-state index in [1.807, 2.05) is 4.90 Å². The Morgan fingerprint density at radius 2 is 1.64 bits per heavy atom. The number of nitrogens with one attached hydrogen (secondary N) is 2. The van der Waals surface area contributed by atoms with E-state index in [0.29, 0.717) is 31.1 Å². The third kappa shape index (κ3) is 8.01. The number of hydrogen-bond donors (Lipinski definition) is 2. The second-order valence-corrected chi connectivity index (χ2v) is 10.1. The van der Waals surface area contributed by atoms with Crippen molar-refractivity contribution in [2.45, 2.75) is 37.9 Å². The van der Waals surface area contributed by atoms with Crippen LogP contribution in [0.5, 0.6) is 0 Å². The van der Waals surface area contributed by atoms with Gasteiger partial charge in [0, 0.05) is 43.3 Å². The van der Waals surface area contributed by atoms with E-state index >= 15 is 0 Å². The van der Waals surface area contributed by atoms with E-state index in [4.69, 9.17) is 0 Å². The zero-order chi connectivity index (χ0) is 28.0. The summed E-state index contributed by atoms with van der Waals surface area (Å²) in [6.45, 7) is 3.44. The lowest BCUT2D eigenvalue weighted by Crippen LogP contribution is -2.43. The third-order valence-corrected chi connectivity index (χ3v) is 7.35. The first-order valence-electron chi connectivity index (χ1n) is 13.1. The molecule has 1 atom stereocenters. The number of alkyl halides is 3. The molecule has 0 bridgehead atoms. The van der Waals surface area contributed by atoms with Gasteiger partial charge in [-0.2, -0.15) is 13.2 Å². The van der Waals surface area contributed by atoms with E-state index in [1.54, 1.807) is 0 Å². The number of benzene rings is 2. The summed E-state index contributed by atoms with van der Waals surface area (Å²) in [6, 6.07) is 9.62. The first-order chi connectivity index (χ1) is 18.6. The van der Waals surface area contributed by atoms with E-state index in [9.17, 15) is 31.9 Å². The average Bonchev–Trinajstić information content (AvgIpc) is 3.37. The zero-order valence-electron chi connectivity index (χ0n) is 21.5. The number of halogens is 4. The first kappa shape index (κ1) is 28.5. The molecule has 210 valence electrons. The zero-order valence-corrected chi connectivity index (χ0v) is 21.5. The van der Waals surface area contributed by atoms with Crippen molar-refractivity contribution in [3.63, 3.8) is 0 Å². The van der Waals surface area contributed by atoms with Crippen LogP contribution in [-0.4, -0.2) is 72.8 Å². The van der Waals surface area contributed by atoms with Crippen LogP contribution in [0.15, 0.2) is 48.5 Å². The molecule has 0 spiro atoms. The molecular formula is C28H32F4N4O3. The van der Waals surface area contributed by atoms with Crippen LogP contribution in [0.25, 0.3) is 0 Å². The third-order valence-electron chi connectivity index (χ3n) is 7.35. The molecule has 2 aliphatic heterocycles. The Kier molecular flexibility index (Phi) is 9.21. The molecule has 0 aliphatic carbocycles. The molecule has 4 rings (SSSR count). The molecule has 39 heavy (non-hydrogen) atoms. The van der Waals surface area contributed by atoms with Crippen molar-refractivity contribution in [3.8, 4) is 0 Å². The van der Waals surface area contributed by atoms with E-state index in [2.05, 4.69) is 15.5 Å². The average molecular weight is 549 g/mol. The molecule has 11 heteroatoms. The number of piperidine rings is 1. The predicted octanol–water partition coefficient (Wildman–Crippen LogP) is 3.71. The van der Waals surface area contributed by atoms with Gasteiger partial charge in [-0.3, -0.25) is 14.4 Å². The van der Waals surface area contributed by atoms with Crippen molar-refractivity contribution in [3.05, 3.63) is 71.0 Å². The Bertz CT molecular complexity index is 1160. The summed E-state index contributed by atoms with van der Waals surface area (Å²) in [5, 5.41) is 5.26. The molecule has 2 aromatic rings. The van der Waals surface area contributed by atoms with Gasteiger partial charge < -0.3 is 20.4 Å². The van der Waals surface area contributed by atoms with Crippen LogP contribution in [0.4, 0.5) is 17.6 Å². The van der Waals surface area contributed by atoms with Gasteiger partial charge in [0.1, 0.15) is 5.82 Å². The van der Waals surface area contributed by atoms with Gasteiger partial charge in [-0.25, -0.2) is 4.39 Å². The number of amides is 3. The van der Waals surface area contributed by atoms with Gasteiger partial charge in [0.2, 0.25) is 5.91 Å². The Morgan fingerprint density at radius 1 is 0.923 bits per heavy atom. The van der Waals surface area contributed by atoms with Crippen LogP contribution in [-0.2, 0) is 11.0 Å². The van der Waals surface area contributed by atoms with E-state index < -0.39 is 17.6 Å². The quantitative estimate of drug-likeness (QED) is 0.493. The fraction of sp³-hybridized carbons (Fsp3) is 0.464. The number of carbonyl (C=O) groups is 3. The van der Waals surface area contributed by atoms with Crippen molar-refractivity contribution in [1.82, 2.24) is 20.4 Å². The van der Waals surface area contributed by atoms with Crippen LogP contribution in [0.2, 0.25) is 0 Å². The maximum Gasteiger partial charge on any atom is 0.416 e. The first-order valence-corrected chi connectivity index (χ1v) is 13.1. The van der Waals surface area contributed by atoms with Gasteiger partial charge in [0.25, 0.3) is 11.8 Å². The van der Waals surface area contributed by atoms with Gasteiger partial charge in [-0.15, -0.1) is 0 Å². The highest BCUT2D eigenvalue weighted by atomic mass is 19.4. The molecule has 2 N–H and O–H groups in total. The van der Waals surface area contributed by atoms with Crippen LogP contribution in [0.3, 0.4) is 0 Å². The number of likely N-dealkylation sites (tertiary alicyclic amines) is 2. The predicted molar refractivity (Wildman–Crippen MR) is 136 cm³/mol. The minimum Gasteiger partial charge on any atom is -0.350 e. The fourth-order valence-electron chi connectivity index (χ4n) is 5.10. The normalized spacial score (nSPS) is 18.7. The summed E-state index contributed by atoms with van der Waals surface area (Å²) < 4.78 is 51.7. The van der Waals surface area contributed by atoms with Crippen molar-refractivity contribution in [2.75, 3.05) is 39.3 Å². The largest absolute Gasteiger partial charge is 0.416 e. The summed E-state index contributed by atoms with van der Waals surface area (Å²) in [5.41, 5.74) is -0.583. The Balaban J connectivity index is 1.12. The lowest BCUT2D eigenvalue weighted by atomic mass is 9.93. The van der Waals surface area contributed by atoms with Crippen molar-refractivity contribution in [1.29, 1.82) is 0 Å². The number of carbonyl (C=O) groups excluding carboxylic acids is 3. The van der Waals surface area contributed by atoms with E-state index in [0.717, 1.165) is 57.0 Å². The standard InChI is InChI=1S/C28H32F4N4O3/c29-23-6-4-20(5-7-23)27(39)36-14-9-19(10-15-36)8-12-35-13-11-24(18-35)34-25(37)17-33-26(38)21-2-1-3-22(16-21)28(30,31)32/h1-7,16,19,24H,8-15,17-18H2,(H,33,38)(H,34,37)/t24-/m1/s1. The van der Waals surface area contributed by atoms with Gasteiger partial charge in [0.15, 0.2) is 0 Å². The molecule has 0 unspecified atom stereocenters. The summed E-state index contributed by atoms with van der Waals surface area (Å²) >= 11 is 0. The molecule has 2 fully saturated rings. The molecule has 3 amide bonds. The van der Waals surface area contributed by atoms with Crippen LogP contribution in [0.1, 0.15) is 52.0 Å². The Hall–Kier alpha value is -3.47. The molecule has 0 saturated carbocycles. The minimum absolute atomic E-state index is 0.0573. The number of rotatable bonds is 8. The topological polar surface area (TPSA) is 81.8 Å². The SMILES string of the molecule is O=C(CNC(=O)c1cccc(C(F)(F)F)c1)N[C@@H]1CCN(CCC2CCN(C(=O)c3ccc(F)cc3)CC2)C1. The molecular weight excluding hydrogens is 516 g/mol. The smallest absolute Gasteiger partial charge is 0.350 e. The van der Waals surface area contributed by atoms with Crippen molar-refractivity contribution in [2.24, 2.45) is 5.92 Å². The Morgan fingerprint density at radius 3 is 2.33 bits per heavy atom. The van der Waals surface area contributed by atoms with E-state index in [1.165, 1.54) is 30.3 Å². The molecule has 2 aliphatic rings. The van der Waals surface area contributed by atoms with Gasteiger partial charge in [0.05, 0.1) is 12.1 Å². The maximum absolute atomic E-state index is 13.1. The molecule has 7 nitrogen and oxygen atoms in total. The van der Waals surface area contributed by atoms with Gasteiger partial charge in [-0.05, 0) is 80.6 Å². The lowest BCUT2D eigenvalue weighted by molar-refractivity contribution is -0.137. The van der Waals surface area contributed by atoms with Gasteiger partial charge >= 0.3 is 6.18 Å². The summed E-state index contributed by atoms with van der Waals surface area (Å²) in [7, 11) is 0. The molecule has 2 heterocycles. The second kappa shape index (κ2) is 12.6. The minimum atomic E-state index is -4.55. The lowest BCUT2D eigenvalue weighted by Gasteiger charge is -2.33. The monoisotopic (exact) mass is 548 g/mol. The highest BCUT2D eigenvalue weighted by molar-refractivity contribution is 5.96. The van der Waals surface area contributed by atoms with Crippen molar-refractivity contribution >= 4 is 17.7 Å². The maximum atomic E-state index is 13.1. The summed E-state index contributed by atoms with van der Waals surface area (Å²) in [4.78, 5) is 41.2. The number of nitrogens with zero attached hydrogens (tertiary/aromatic N) is 2. The summed E-state index contributed by atoms with van der Waals surface area (Å²) in [5.74, 6) is -1.07. The van der Waals surface area contributed by atoms with Crippen LogP contribution < -0.4 is 10.6 Å². The van der Waals surface area contributed by atoms with Crippen molar-refractivity contribution < 1.29 is 31.9 Å². The second-order valence-electron chi connectivity index (χ2n) is 10.1.